The van der Waals surface area contributed by atoms with E-state index in [2.05, 4.69) is 29.6 Å². The predicted molar refractivity (Wildman–Crippen MR) is 70.0 cm³/mol. The Kier molecular flexibility index (Phi) is 3.28. The van der Waals surface area contributed by atoms with Crippen molar-refractivity contribution in [1.29, 1.82) is 0 Å². The zero-order valence-electron chi connectivity index (χ0n) is 9.69. The molecule has 0 aliphatic heterocycles. The molecule has 16 heavy (non-hydrogen) atoms. The zero-order valence-corrected chi connectivity index (χ0v) is 10.5. The van der Waals surface area contributed by atoms with Crippen LogP contribution >= 0.6 is 11.3 Å². The lowest BCUT2D eigenvalue weighted by Gasteiger charge is -2.23. The van der Waals surface area contributed by atoms with Gasteiger partial charge in [0.05, 0.1) is 6.61 Å². The Morgan fingerprint density at radius 2 is 2.12 bits per heavy atom. The van der Waals surface area contributed by atoms with Crippen LogP contribution in [0.15, 0.2) is 29.6 Å². The van der Waals surface area contributed by atoms with E-state index < -0.39 is 0 Å². The van der Waals surface area contributed by atoms with Gasteiger partial charge in [-0.25, -0.2) is 0 Å². The van der Waals surface area contributed by atoms with Crippen LogP contribution in [-0.2, 0) is 11.2 Å². The number of fused-ring (bicyclic) bond motifs is 1. The van der Waals surface area contributed by atoms with E-state index in [0.29, 0.717) is 6.61 Å². The summed E-state index contributed by atoms with van der Waals surface area (Å²) < 4.78 is 6.47. The minimum absolute atomic E-state index is 0.293. The highest BCUT2D eigenvalue weighted by Crippen LogP contribution is 2.27. The lowest BCUT2D eigenvalue weighted by Crippen LogP contribution is -2.43. The normalized spacial score (nSPS) is 15.2. The van der Waals surface area contributed by atoms with E-state index in [1.807, 2.05) is 6.92 Å². The predicted octanol–water partition coefficient (Wildman–Crippen LogP) is 2.81. The van der Waals surface area contributed by atoms with Gasteiger partial charge in [-0.1, -0.05) is 18.2 Å². The van der Waals surface area contributed by atoms with Crippen LogP contribution in [0.2, 0.25) is 0 Å². The summed E-state index contributed by atoms with van der Waals surface area (Å²) >= 11 is 1.78. The molecule has 0 aliphatic rings. The van der Waals surface area contributed by atoms with Crippen molar-refractivity contribution in [2.24, 2.45) is 5.73 Å². The molecule has 2 aromatic rings. The Morgan fingerprint density at radius 3 is 2.88 bits per heavy atom. The van der Waals surface area contributed by atoms with Gasteiger partial charge in [-0.2, -0.15) is 0 Å². The molecule has 0 bridgehead atoms. The summed E-state index contributed by atoms with van der Waals surface area (Å²) in [6.07, 6.45) is 0.852. The number of hydrogen-bond donors (Lipinski definition) is 1. The molecular formula is C13H17NOS. The van der Waals surface area contributed by atoms with Crippen molar-refractivity contribution in [3.63, 3.8) is 0 Å². The molecule has 0 radical (unpaired) electrons. The van der Waals surface area contributed by atoms with Crippen LogP contribution < -0.4 is 5.73 Å². The van der Waals surface area contributed by atoms with E-state index in [9.17, 15) is 0 Å². The van der Waals surface area contributed by atoms with Gasteiger partial charge in [0, 0.05) is 17.3 Å². The third-order valence-electron chi connectivity index (χ3n) is 2.63. The van der Waals surface area contributed by atoms with Gasteiger partial charge in [0.2, 0.25) is 0 Å². The third-order valence-corrected chi connectivity index (χ3v) is 3.64. The van der Waals surface area contributed by atoms with Crippen molar-refractivity contribution in [3.8, 4) is 0 Å². The zero-order chi connectivity index (χ0) is 11.6. The molecule has 0 amide bonds. The molecule has 86 valence electrons. The monoisotopic (exact) mass is 235 g/mol. The van der Waals surface area contributed by atoms with Crippen molar-refractivity contribution < 1.29 is 4.74 Å². The SMILES string of the molecule is COCC(C)(N)Cc1csc2ccccc12. The first-order valence-electron chi connectivity index (χ1n) is 5.35. The summed E-state index contributed by atoms with van der Waals surface area (Å²) in [5.74, 6) is 0. The standard InChI is InChI=1S/C13H17NOS/c1-13(14,9-15-2)7-10-8-16-12-6-4-3-5-11(10)12/h3-6,8H,7,9,14H2,1-2H3. The van der Waals surface area contributed by atoms with Crippen LogP contribution in [-0.4, -0.2) is 19.3 Å². The van der Waals surface area contributed by atoms with E-state index in [4.69, 9.17) is 10.5 Å². The maximum absolute atomic E-state index is 6.19. The Balaban J connectivity index is 2.27. The molecule has 0 aliphatic carbocycles. The Labute approximate surface area is 100 Å². The van der Waals surface area contributed by atoms with Gasteiger partial charge in [-0.3, -0.25) is 0 Å². The molecule has 3 heteroatoms. The minimum Gasteiger partial charge on any atom is -0.383 e. The first-order valence-corrected chi connectivity index (χ1v) is 6.23. The molecule has 2 N–H and O–H groups in total. The fourth-order valence-electron chi connectivity index (χ4n) is 1.99. The molecule has 0 spiro atoms. The van der Waals surface area contributed by atoms with Crippen molar-refractivity contribution in [2.75, 3.05) is 13.7 Å². The maximum atomic E-state index is 6.19. The highest BCUT2D eigenvalue weighted by Gasteiger charge is 2.20. The lowest BCUT2D eigenvalue weighted by atomic mass is 9.94. The van der Waals surface area contributed by atoms with Gasteiger partial charge in [-0.05, 0) is 35.7 Å². The van der Waals surface area contributed by atoms with Crippen LogP contribution in [0.5, 0.6) is 0 Å². The van der Waals surface area contributed by atoms with Crippen molar-refractivity contribution in [2.45, 2.75) is 18.9 Å². The van der Waals surface area contributed by atoms with E-state index in [0.717, 1.165) is 6.42 Å². The molecule has 0 saturated heterocycles. The number of benzene rings is 1. The van der Waals surface area contributed by atoms with Crippen molar-refractivity contribution in [3.05, 3.63) is 35.2 Å². The quantitative estimate of drug-likeness (QED) is 0.884. The first kappa shape index (κ1) is 11.6. The van der Waals surface area contributed by atoms with Gasteiger partial charge in [0.1, 0.15) is 0 Å². The first-order chi connectivity index (χ1) is 7.62. The van der Waals surface area contributed by atoms with Crippen molar-refractivity contribution in [1.82, 2.24) is 0 Å². The van der Waals surface area contributed by atoms with Crippen LogP contribution in [0, 0.1) is 0 Å². The Hall–Kier alpha value is -0.900. The van der Waals surface area contributed by atoms with E-state index in [-0.39, 0.29) is 5.54 Å². The second-order valence-electron chi connectivity index (χ2n) is 4.52. The number of methoxy groups -OCH3 is 1. The smallest absolute Gasteiger partial charge is 0.0642 e. The average molecular weight is 235 g/mol. The highest BCUT2D eigenvalue weighted by atomic mass is 32.1. The molecule has 1 heterocycles. The summed E-state index contributed by atoms with van der Waals surface area (Å²) in [6, 6.07) is 8.44. The largest absolute Gasteiger partial charge is 0.383 e. The lowest BCUT2D eigenvalue weighted by molar-refractivity contribution is 0.141. The fourth-order valence-corrected chi connectivity index (χ4v) is 2.95. The topological polar surface area (TPSA) is 35.2 Å². The molecule has 1 atom stereocenters. The summed E-state index contributed by atoms with van der Waals surface area (Å²) in [5.41, 5.74) is 7.22. The molecular weight excluding hydrogens is 218 g/mol. The number of hydrogen-bond acceptors (Lipinski definition) is 3. The summed E-state index contributed by atoms with van der Waals surface area (Å²) in [5, 5.41) is 3.52. The Bertz CT molecular complexity index is 475. The third kappa shape index (κ3) is 2.43. The average Bonchev–Trinajstić information content (AvgIpc) is 2.61. The molecule has 1 aromatic heterocycles. The van der Waals surface area contributed by atoms with Gasteiger partial charge < -0.3 is 10.5 Å². The van der Waals surface area contributed by atoms with Gasteiger partial charge >= 0.3 is 0 Å². The number of ether oxygens (including phenoxy) is 1. The van der Waals surface area contributed by atoms with Gasteiger partial charge in [-0.15, -0.1) is 11.3 Å². The summed E-state index contributed by atoms with van der Waals surface area (Å²) in [7, 11) is 1.69. The highest BCUT2D eigenvalue weighted by molar-refractivity contribution is 7.17. The van der Waals surface area contributed by atoms with Gasteiger partial charge in [0.25, 0.3) is 0 Å². The fraction of sp³-hybridized carbons (Fsp3) is 0.385. The van der Waals surface area contributed by atoms with Gasteiger partial charge in [0.15, 0.2) is 0 Å². The molecule has 1 aromatic carbocycles. The number of rotatable bonds is 4. The van der Waals surface area contributed by atoms with E-state index in [1.165, 1.54) is 15.6 Å². The second kappa shape index (κ2) is 4.53. The van der Waals surface area contributed by atoms with E-state index >= 15 is 0 Å². The van der Waals surface area contributed by atoms with Crippen LogP contribution in [0.25, 0.3) is 10.1 Å². The van der Waals surface area contributed by atoms with E-state index in [1.54, 1.807) is 18.4 Å². The molecule has 0 saturated carbocycles. The van der Waals surface area contributed by atoms with Crippen LogP contribution in [0.1, 0.15) is 12.5 Å². The Morgan fingerprint density at radius 1 is 1.38 bits per heavy atom. The second-order valence-corrected chi connectivity index (χ2v) is 5.43. The van der Waals surface area contributed by atoms with Crippen LogP contribution in [0.4, 0.5) is 0 Å². The molecule has 1 unspecified atom stereocenters. The number of nitrogens with two attached hydrogens (primary N) is 1. The summed E-state index contributed by atoms with van der Waals surface area (Å²) in [4.78, 5) is 0. The molecule has 2 rings (SSSR count). The number of thiophene rings is 1. The van der Waals surface area contributed by atoms with Crippen LogP contribution in [0.3, 0.4) is 0 Å². The minimum atomic E-state index is -0.293. The van der Waals surface area contributed by atoms with Crippen molar-refractivity contribution >= 4 is 21.4 Å². The summed E-state index contributed by atoms with van der Waals surface area (Å²) in [6.45, 7) is 2.61. The molecule has 2 nitrogen and oxygen atoms in total. The molecule has 0 fully saturated rings. The maximum Gasteiger partial charge on any atom is 0.0642 e.